The van der Waals surface area contributed by atoms with Crippen LogP contribution in [-0.2, 0) is 10.0 Å². The Kier molecular flexibility index (Phi) is 3.82. The number of nitrogens with two attached hydrogens (primary N) is 1. The lowest BCUT2D eigenvalue weighted by Crippen LogP contribution is -2.33. The summed E-state index contributed by atoms with van der Waals surface area (Å²) in [7, 11) is -3.71. The van der Waals surface area contributed by atoms with E-state index >= 15 is 0 Å². The Morgan fingerprint density at radius 3 is 2.63 bits per heavy atom. The summed E-state index contributed by atoms with van der Waals surface area (Å²) in [6.45, 7) is 3.34. The molecule has 6 heteroatoms. The van der Waals surface area contributed by atoms with Crippen LogP contribution in [0.15, 0.2) is 17.0 Å². The summed E-state index contributed by atoms with van der Waals surface area (Å²) in [5, 5.41) is 0. The van der Waals surface area contributed by atoms with Crippen molar-refractivity contribution in [1.29, 1.82) is 0 Å². The normalized spacial score (nSPS) is 17.4. The molecule has 0 spiro atoms. The molecule has 0 bridgehead atoms. The molecule has 19 heavy (non-hydrogen) atoms. The zero-order valence-electron chi connectivity index (χ0n) is 11.1. The molecule has 1 atom stereocenters. The van der Waals surface area contributed by atoms with E-state index in [-0.39, 0.29) is 22.2 Å². The van der Waals surface area contributed by atoms with E-state index in [4.69, 9.17) is 5.73 Å². The molecule has 1 unspecified atom stereocenters. The molecule has 1 saturated carbocycles. The van der Waals surface area contributed by atoms with E-state index in [2.05, 4.69) is 4.72 Å². The smallest absolute Gasteiger partial charge is 0.240 e. The van der Waals surface area contributed by atoms with Crippen molar-refractivity contribution in [3.63, 3.8) is 0 Å². The molecule has 106 valence electrons. The Hall–Kier alpha value is -1.14. The first kappa shape index (κ1) is 14.3. The third kappa shape index (κ3) is 3.45. The highest BCUT2D eigenvalue weighted by Crippen LogP contribution is 2.33. The lowest BCUT2D eigenvalue weighted by Gasteiger charge is -2.14. The summed E-state index contributed by atoms with van der Waals surface area (Å²) in [6, 6.07) is 2.16. The number of anilines is 1. The van der Waals surface area contributed by atoms with Gasteiger partial charge in [-0.25, -0.2) is 17.5 Å². The van der Waals surface area contributed by atoms with Gasteiger partial charge >= 0.3 is 0 Å². The second kappa shape index (κ2) is 5.09. The van der Waals surface area contributed by atoms with Crippen molar-refractivity contribution in [3.05, 3.63) is 23.5 Å². The van der Waals surface area contributed by atoms with Crippen LogP contribution in [0.25, 0.3) is 0 Å². The topological polar surface area (TPSA) is 72.2 Å². The molecule has 1 fully saturated rings. The van der Waals surface area contributed by atoms with Gasteiger partial charge in [0.15, 0.2) is 0 Å². The Morgan fingerprint density at radius 1 is 1.47 bits per heavy atom. The Labute approximate surface area is 113 Å². The second-order valence-corrected chi connectivity index (χ2v) is 7.03. The maximum atomic E-state index is 13.6. The summed E-state index contributed by atoms with van der Waals surface area (Å²) in [5.74, 6) is 0.0211. The third-order valence-corrected chi connectivity index (χ3v) is 4.98. The molecule has 0 amide bonds. The summed E-state index contributed by atoms with van der Waals surface area (Å²) in [4.78, 5) is -0.115. The van der Waals surface area contributed by atoms with Crippen LogP contribution in [0, 0.1) is 18.7 Å². The maximum Gasteiger partial charge on any atom is 0.240 e. The van der Waals surface area contributed by atoms with Gasteiger partial charge in [-0.2, -0.15) is 0 Å². The van der Waals surface area contributed by atoms with E-state index in [1.54, 1.807) is 0 Å². The molecule has 0 saturated heterocycles. The number of halogens is 1. The minimum atomic E-state index is -3.71. The van der Waals surface area contributed by atoms with Crippen LogP contribution in [0.4, 0.5) is 10.1 Å². The molecule has 0 aromatic heterocycles. The average molecular weight is 286 g/mol. The van der Waals surface area contributed by atoms with E-state index in [1.165, 1.54) is 13.0 Å². The van der Waals surface area contributed by atoms with Crippen LogP contribution >= 0.6 is 0 Å². The molecule has 0 radical (unpaired) electrons. The fourth-order valence-electron chi connectivity index (χ4n) is 2.06. The number of rotatable bonds is 5. The standard InChI is InChI=1S/C13H19FN2O2S/c1-8(5-10-3-4-10)16-19(17,18)11-6-12(14)9(2)13(15)7-11/h6-8,10,16H,3-5,15H2,1-2H3. The second-order valence-electron chi connectivity index (χ2n) is 5.32. The quantitative estimate of drug-likeness (QED) is 0.815. The largest absolute Gasteiger partial charge is 0.398 e. The molecule has 3 N–H and O–H groups in total. The maximum absolute atomic E-state index is 13.6. The van der Waals surface area contributed by atoms with Gasteiger partial charge in [0.25, 0.3) is 0 Å². The van der Waals surface area contributed by atoms with E-state index in [9.17, 15) is 12.8 Å². The molecule has 1 aromatic rings. The van der Waals surface area contributed by atoms with Crippen molar-refractivity contribution in [2.75, 3.05) is 5.73 Å². The first-order valence-corrected chi connectivity index (χ1v) is 7.86. The van der Waals surface area contributed by atoms with Gasteiger partial charge in [0.1, 0.15) is 5.82 Å². The number of hydrogen-bond acceptors (Lipinski definition) is 3. The highest BCUT2D eigenvalue weighted by molar-refractivity contribution is 7.89. The van der Waals surface area contributed by atoms with Crippen molar-refractivity contribution in [2.45, 2.75) is 44.0 Å². The van der Waals surface area contributed by atoms with Crippen molar-refractivity contribution in [2.24, 2.45) is 5.92 Å². The molecule has 4 nitrogen and oxygen atoms in total. The van der Waals surface area contributed by atoms with Gasteiger partial charge in [0, 0.05) is 17.3 Å². The fraction of sp³-hybridized carbons (Fsp3) is 0.538. The Balaban J connectivity index is 2.18. The zero-order valence-corrected chi connectivity index (χ0v) is 11.9. The number of benzene rings is 1. The zero-order chi connectivity index (χ0) is 14.2. The summed E-state index contributed by atoms with van der Waals surface area (Å²) >= 11 is 0. The number of nitrogen functional groups attached to an aromatic ring is 1. The predicted molar refractivity (Wildman–Crippen MR) is 72.7 cm³/mol. The average Bonchev–Trinajstić information content (AvgIpc) is 3.08. The van der Waals surface area contributed by atoms with E-state index < -0.39 is 15.8 Å². The minimum absolute atomic E-state index is 0.115. The minimum Gasteiger partial charge on any atom is -0.398 e. The van der Waals surface area contributed by atoms with Gasteiger partial charge in [0.05, 0.1) is 4.90 Å². The van der Waals surface area contributed by atoms with Crippen molar-refractivity contribution in [1.82, 2.24) is 4.72 Å². The van der Waals surface area contributed by atoms with Gasteiger partial charge in [0.2, 0.25) is 10.0 Å². The molecule has 1 aromatic carbocycles. The van der Waals surface area contributed by atoms with Crippen LogP contribution in [0.1, 0.15) is 31.7 Å². The van der Waals surface area contributed by atoms with Crippen LogP contribution in [0.5, 0.6) is 0 Å². The van der Waals surface area contributed by atoms with Gasteiger partial charge in [-0.3, -0.25) is 0 Å². The van der Waals surface area contributed by atoms with Crippen LogP contribution in [0.2, 0.25) is 0 Å². The molecule has 0 aliphatic heterocycles. The van der Waals surface area contributed by atoms with E-state index in [0.29, 0.717) is 5.92 Å². The number of hydrogen-bond donors (Lipinski definition) is 2. The van der Waals surface area contributed by atoms with Crippen LogP contribution in [-0.4, -0.2) is 14.5 Å². The number of nitrogens with one attached hydrogen (secondary N) is 1. The van der Waals surface area contributed by atoms with Gasteiger partial charge < -0.3 is 5.73 Å². The van der Waals surface area contributed by atoms with E-state index in [0.717, 1.165) is 25.3 Å². The molecular weight excluding hydrogens is 267 g/mol. The number of sulfonamides is 1. The molecule has 0 heterocycles. The van der Waals surface area contributed by atoms with Crippen molar-refractivity contribution in [3.8, 4) is 0 Å². The first-order chi connectivity index (χ1) is 8.79. The summed E-state index contributed by atoms with van der Waals surface area (Å²) in [5.41, 5.74) is 6.02. The molecular formula is C13H19FN2O2S. The van der Waals surface area contributed by atoms with Crippen molar-refractivity contribution >= 4 is 15.7 Å². The third-order valence-electron chi connectivity index (χ3n) is 3.41. The SMILES string of the molecule is Cc1c(N)cc(S(=O)(=O)NC(C)CC2CC2)cc1F. The monoisotopic (exact) mass is 286 g/mol. The predicted octanol–water partition coefficient (Wildman–Crippen LogP) is 2.18. The Morgan fingerprint density at radius 2 is 2.11 bits per heavy atom. The molecule has 1 aliphatic carbocycles. The van der Waals surface area contributed by atoms with Crippen molar-refractivity contribution < 1.29 is 12.8 Å². The van der Waals surface area contributed by atoms with Crippen LogP contribution < -0.4 is 10.5 Å². The molecule has 2 rings (SSSR count). The Bertz CT molecular complexity index is 559. The lowest BCUT2D eigenvalue weighted by molar-refractivity contribution is 0.528. The van der Waals surface area contributed by atoms with Gasteiger partial charge in [-0.05, 0) is 38.3 Å². The van der Waals surface area contributed by atoms with Gasteiger partial charge in [-0.15, -0.1) is 0 Å². The highest BCUT2D eigenvalue weighted by atomic mass is 32.2. The highest BCUT2D eigenvalue weighted by Gasteiger charge is 2.26. The van der Waals surface area contributed by atoms with E-state index in [1.807, 2.05) is 6.92 Å². The summed E-state index contributed by atoms with van der Waals surface area (Å²) < 4.78 is 40.4. The fourth-order valence-corrected chi connectivity index (χ4v) is 3.37. The summed E-state index contributed by atoms with van der Waals surface area (Å²) in [6.07, 6.45) is 3.15. The first-order valence-electron chi connectivity index (χ1n) is 6.37. The van der Waals surface area contributed by atoms with Crippen LogP contribution in [0.3, 0.4) is 0 Å². The van der Waals surface area contributed by atoms with Gasteiger partial charge in [-0.1, -0.05) is 12.8 Å². The lowest BCUT2D eigenvalue weighted by atomic mass is 10.2. The molecule has 1 aliphatic rings.